The van der Waals surface area contributed by atoms with Gasteiger partial charge in [-0.3, -0.25) is 4.79 Å². The van der Waals surface area contributed by atoms with Crippen molar-refractivity contribution >= 4 is 25.9 Å². The maximum absolute atomic E-state index is 12.3. The third-order valence-corrected chi connectivity index (χ3v) is 12.0. The molecule has 0 N–H and O–H groups in total. The van der Waals surface area contributed by atoms with E-state index in [0.29, 0.717) is 35.0 Å². The molecule has 0 bridgehead atoms. The van der Waals surface area contributed by atoms with Crippen LogP contribution in [-0.4, -0.2) is 31.2 Å². The highest BCUT2D eigenvalue weighted by Crippen LogP contribution is 2.38. The van der Waals surface area contributed by atoms with Crippen molar-refractivity contribution in [2.24, 2.45) is 11.8 Å². The Morgan fingerprint density at radius 2 is 2.00 bits per heavy atom. The predicted molar refractivity (Wildman–Crippen MR) is 110 cm³/mol. The number of allylic oxidation sites excluding steroid dienone is 1. The minimum absolute atomic E-state index is 0.200. The van der Waals surface area contributed by atoms with Gasteiger partial charge in [0.15, 0.2) is 8.32 Å². The van der Waals surface area contributed by atoms with Gasteiger partial charge in [0.05, 0.1) is 0 Å². The van der Waals surface area contributed by atoms with Crippen LogP contribution < -0.4 is 0 Å². The molecule has 0 amide bonds. The van der Waals surface area contributed by atoms with Crippen molar-refractivity contribution in [3.05, 3.63) is 12.2 Å². The Labute approximate surface area is 155 Å². The number of thioether (sulfide) groups is 1. The van der Waals surface area contributed by atoms with E-state index in [-0.39, 0.29) is 5.92 Å². The van der Waals surface area contributed by atoms with Crippen molar-refractivity contribution in [1.82, 2.24) is 0 Å². The average molecular weight is 371 g/mol. The van der Waals surface area contributed by atoms with Gasteiger partial charge in [0, 0.05) is 23.7 Å². The number of hydrogen-bond donors (Lipinski definition) is 0. The van der Waals surface area contributed by atoms with Gasteiger partial charge < -0.3 is 4.43 Å². The van der Waals surface area contributed by atoms with E-state index in [9.17, 15) is 4.79 Å². The minimum atomic E-state index is -1.63. The van der Waals surface area contributed by atoms with Crippen LogP contribution in [0.15, 0.2) is 12.2 Å². The minimum Gasteiger partial charge on any atom is -0.415 e. The lowest BCUT2D eigenvalue weighted by Gasteiger charge is -2.35. The second-order valence-electron chi connectivity index (χ2n) is 8.38. The number of hydrogen-bond acceptors (Lipinski definition) is 3. The molecule has 0 aromatic rings. The second kappa shape index (κ2) is 9.58. The molecule has 4 unspecified atom stereocenters. The standard InChI is InChI=1S/C20H38O2SSi/c1-14(2)18-12-19(21)17(7)20(13-18)23-10-9-11-24(8,16(5)6)22-15(3)4/h15-18,20H,1,9-13H2,2-8H3. The maximum Gasteiger partial charge on any atom is 0.192 e. The van der Waals surface area contributed by atoms with E-state index in [1.54, 1.807) is 0 Å². The summed E-state index contributed by atoms with van der Waals surface area (Å²) in [6.45, 7) is 19.5. The van der Waals surface area contributed by atoms with Crippen LogP contribution in [0.1, 0.15) is 60.8 Å². The molecule has 2 nitrogen and oxygen atoms in total. The van der Waals surface area contributed by atoms with Gasteiger partial charge in [0.1, 0.15) is 5.78 Å². The van der Waals surface area contributed by atoms with Gasteiger partial charge in [0.2, 0.25) is 0 Å². The Hall–Kier alpha value is -0.0631. The first kappa shape index (κ1) is 22.0. The van der Waals surface area contributed by atoms with Gasteiger partial charge in [-0.05, 0) is 63.4 Å². The molecular formula is C20H38O2SSi. The Morgan fingerprint density at radius 3 is 2.50 bits per heavy atom. The summed E-state index contributed by atoms with van der Waals surface area (Å²) < 4.78 is 6.34. The van der Waals surface area contributed by atoms with E-state index in [0.717, 1.165) is 12.2 Å². The van der Waals surface area contributed by atoms with Gasteiger partial charge in [-0.15, -0.1) is 0 Å². The maximum atomic E-state index is 12.3. The number of carbonyl (C=O) groups excluding carboxylic acids is 1. The van der Waals surface area contributed by atoms with Crippen molar-refractivity contribution in [3.63, 3.8) is 0 Å². The largest absolute Gasteiger partial charge is 0.415 e. The number of ketones is 1. The van der Waals surface area contributed by atoms with E-state index in [1.165, 1.54) is 18.0 Å². The molecule has 24 heavy (non-hydrogen) atoms. The van der Waals surface area contributed by atoms with E-state index in [4.69, 9.17) is 4.43 Å². The lowest BCUT2D eigenvalue weighted by atomic mass is 9.79. The monoisotopic (exact) mass is 370 g/mol. The SMILES string of the molecule is C=C(C)C1CC(=O)C(C)C(SCCC[Si](C)(OC(C)C)C(C)C)C1. The van der Waals surface area contributed by atoms with Gasteiger partial charge >= 0.3 is 0 Å². The summed E-state index contributed by atoms with van der Waals surface area (Å²) in [5, 5.41) is 0.464. The molecule has 0 aromatic carbocycles. The highest BCUT2D eigenvalue weighted by atomic mass is 32.2. The highest BCUT2D eigenvalue weighted by molar-refractivity contribution is 7.99. The molecule has 4 heteroatoms. The smallest absolute Gasteiger partial charge is 0.192 e. The molecule has 0 saturated heterocycles. The molecule has 0 aliphatic heterocycles. The third-order valence-electron chi connectivity index (χ3n) is 5.60. The molecule has 1 fully saturated rings. The van der Waals surface area contributed by atoms with Gasteiger partial charge in [-0.2, -0.15) is 11.8 Å². The van der Waals surface area contributed by atoms with Crippen LogP contribution in [0, 0.1) is 11.8 Å². The Kier molecular flexibility index (Phi) is 8.78. The topological polar surface area (TPSA) is 26.3 Å². The zero-order valence-corrected chi connectivity index (χ0v) is 18.7. The van der Waals surface area contributed by atoms with Gasteiger partial charge in [-0.1, -0.05) is 32.9 Å². The van der Waals surface area contributed by atoms with Gasteiger partial charge in [0.25, 0.3) is 0 Å². The summed E-state index contributed by atoms with van der Waals surface area (Å²) in [5.41, 5.74) is 1.82. The number of Topliss-reactive ketones (excluding diaryl/α,β-unsaturated/α-hetero) is 1. The first-order chi connectivity index (χ1) is 11.1. The van der Waals surface area contributed by atoms with E-state index in [2.05, 4.69) is 54.7 Å². The summed E-state index contributed by atoms with van der Waals surface area (Å²) in [7, 11) is -1.63. The van der Waals surface area contributed by atoms with Crippen molar-refractivity contribution in [3.8, 4) is 0 Å². The van der Waals surface area contributed by atoms with E-state index >= 15 is 0 Å². The molecule has 1 aliphatic rings. The molecule has 0 heterocycles. The van der Waals surface area contributed by atoms with E-state index in [1.807, 2.05) is 11.8 Å². The van der Waals surface area contributed by atoms with Crippen LogP contribution in [0.4, 0.5) is 0 Å². The van der Waals surface area contributed by atoms with Crippen LogP contribution in [0.25, 0.3) is 0 Å². The fraction of sp³-hybridized carbons (Fsp3) is 0.850. The molecule has 0 spiro atoms. The Bertz CT molecular complexity index is 435. The molecule has 0 radical (unpaired) electrons. The second-order valence-corrected chi connectivity index (χ2v) is 14.2. The molecule has 0 aromatic heterocycles. The van der Waals surface area contributed by atoms with Crippen LogP contribution in [0.5, 0.6) is 0 Å². The summed E-state index contributed by atoms with van der Waals surface area (Å²) in [4.78, 5) is 12.3. The summed E-state index contributed by atoms with van der Waals surface area (Å²) >= 11 is 2.01. The van der Waals surface area contributed by atoms with Crippen LogP contribution in [0.3, 0.4) is 0 Å². The first-order valence-corrected chi connectivity index (χ1v) is 13.3. The van der Waals surface area contributed by atoms with Crippen LogP contribution in [0.2, 0.25) is 18.1 Å². The molecule has 1 saturated carbocycles. The molecule has 4 atom stereocenters. The number of rotatable bonds is 9. The lowest BCUT2D eigenvalue weighted by molar-refractivity contribution is -0.124. The summed E-state index contributed by atoms with van der Waals surface area (Å²) in [6, 6.07) is 1.22. The third kappa shape index (κ3) is 6.34. The summed E-state index contributed by atoms with van der Waals surface area (Å²) in [6.07, 6.45) is 3.35. The van der Waals surface area contributed by atoms with Crippen molar-refractivity contribution in [2.75, 3.05) is 5.75 Å². The fourth-order valence-corrected chi connectivity index (χ4v) is 8.07. The highest BCUT2D eigenvalue weighted by Gasteiger charge is 2.36. The Balaban J connectivity index is 2.50. The zero-order valence-electron chi connectivity index (χ0n) is 16.9. The molecule has 1 aliphatic carbocycles. The normalized spacial score (nSPS) is 27.5. The molecule has 1 rings (SSSR count). The zero-order chi connectivity index (χ0) is 18.5. The van der Waals surface area contributed by atoms with Crippen LogP contribution >= 0.6 is 11.8 Å². The molecular weight excluding hydrogens is 332 g/mol. The first-order valence-electron chi connectivity index (χ1n) is 9.54. The summed E-state index contributed by atoms with van der Waals surface area (Å²) in [5.74, 6) is 2.16. The Morgan fingerprint density at radius 1 is 1.38 bits per heavy atom. The van der Waals surface area contributed by atoms with E-state index < -0.39 is 8.32 Å². The quantitative estimate of drug-likeness (QED) is 0.279. The van der Waals surface area contributed by atoms with Crippen molar-refractivity contribution in [2.45, 2.75) is 90.3 Å². The lowest BCUT2D eigenvalue weighted by Crippen LogP contribution is -2.40. The van der Waals surface area contributed by atoms with Crippen LogP contribution in [-0.2, 0) is 9.22 Å². The molecule has 140 valence electrons. The average Bonchev–Trinajstić information content (AvgIpc) is 2.46. The predicted octanol–water partition coefficient (Wildman–Crippen LogP) is 6.08. The number of carbonyl (C=O) groups is 1. The van der Waals surface area contributed by atoms with Crippen molar-refractivity contribution in [1.29, 1.82) is 0 Å². The fourth-order valence-electron chi connectivity index (χ4n) is 3.47. The van der Waals surface area contributed by atoms with Gasteiger partial charge in [-0.25, -0.2) is 0 Å². The van der Waals surface area contributed by atoms with Crippen molar-refractivity contribution < 1.29 is 9.22 Å².